The van der Waals surface area contributed by atoms with Gasteiger partial charge in [-0.05, 0) is 46.6 Å². The molecule has 8 nitrogen and oxygen atoms in total. The monoisotopic (exact) mass is 345 g/mol. The Bertz CT molecular complexity index is 405. The lowest BCUT2D eigenvalue weighted by Crippen LogP contribution is -2.64. The number of carbonyl (C=O) groups is 2. The van der Waals surface area contributed by atoms with Crippen LogP contribution in [0, 0.1) is 0 Å². The largest absolute Gasteiger partial charge is 0.392 e. The van der Waals surface area contributed by atoms with Crippen molar-refractivity contribution in [3.8, 4) is 0 Å². The predicted molar refractivity (Wildman–Crippen MR) is 89.2 cm³/mol. The first-order valence-electron chi connectivity index (χ1n) is 8.58. The van der Waals surface area contributed by atoms with Gasteiger partial charge in [0.25, 0.3) is 0 Å². The number of nitrogens with one attached hydrogen (secondary N) is 2. The standard InChI is InChI=1S/C16H31N3O5/c1-10(20)8-19(9-11(2)21)7-5-4-6-13-15(23)18-14(12(3)22)16(24)17-13/h10-14,20-22H,4-9H2,1-3H3,(H,17,24)(H,18,23). The van der Waals surface area contributed by atoms with E-state index in [9.17, 15) is 24.9 Å². The second-order valence-electron chi connectivity index (χ2n) is 6.74. The summed E-state index contributed by atoms with van der Waals surface area (Å²) in [5.41, 5.74) is 0. The van der Waals surface area contributed by atoms with Crippen LogP contribution >= 0.6 is 0 Å². The van der Waals surface area contributed by atoms with E-state index in [4.69, 9.17) is 0 Å². The highest BCUT2D eigenvalue weighted by Crippen LogP contribution is 2.09. The Hall–Kier alpha value is -1.22. The Labute approximate surface area is 143 Å². The van der Waals surface area contributed by atoms with E-state index in [-0.39, 0.29) is 11.8 Å². The van der Waals surface area contributed by atoms with Gasteiger partial charge in [0.05, 0.1) is 18.3 Å². The van der Waals surface area contributed by atoms with Crippen molar-refractivity contribution in [3.63, 3.8) is 0 Å². The van der Waals surface area contributed by atoms with E-state index in [1.165, 1.54) is 6.92 Å². The molecule has 2 amide bonds. The van der Waals surface area contributed by atoms with Crippen molar-refractivity contribution in [1.82, 2.24) is 15.5 Å². The zero-order chi connectivity index (χ0) is 18.3. The third kappa shape index (κ3) is 7.12. The maximum Gasteiger partial charge on any atom is 0.245 e. The summed E-state index contributed by atoms with van der Waals surface area (Å²) in [5.74, 6) is -0.634. The first-order valence-corrected chi connectivity index (χ1v) is 8.58. The molecule has 24 heavy (non-hydrogen) atoms. The minimum absolute atomic E-state index is 0.273. The summed E-state index contributed by atoms with van der Waals surface area (Å²) in [4.78, 5) is 25.8. The van der Waals surface area contributed by atoms with Crippen molar-refractivity contribution in [2.75, 3.05) is 19.6 Å². The molecule has 5 unspecified atom stereocenters. The van der Waals surface area contributed by atoms with E-state index in [2.05, 4.69) is 10.6 Å². The average Bonchev–Trinajstić information content (AvgIpc) is 2.44. The fourth-order valence-corrected chi connectivity index (χ4v) is 2.88. The summed E-state index contributed by atoms with van der Waals surface area (Å²) in [7, 11) is 0. The van der Waals surface area contributed by atoms with Gasteiger partial charge in [0.15, 0.2) is 0 Å². The van der Waals surface area contributed by atoms with Crippen molar-refractivity contribution < 1.29 is 24.9 Å². The molecule has 1 aliphatic heterocycles. The number of aliphatic hydroxyl groups is 3. The zero-order valence-corrected chi connectivity index (χ0v) is 14.7. The number of aliphatic hydroxyl groups excluding tert-OH is 3. The molecule has 8 heteroatoms. The van der Waals surface area contributed by atoms with Gasteiger partial charge in [-0.2, -0.15) is 0 Å². The van der Waals surface area contributed by atoms with Crippen LogP contribution in [0.1, 0.15) is 40.0 Å². The molecule has 140 valence electrons. The number of hydrogen-bond acceptors (Lipinski definition) is 6. The van der Waals surface area contributed by atoms with Gasteiger partial charge in [-0.1, -0.05) is 0 Å². The Morgan fingerprint density at radius 3 is 2.04 bits per heavy atom. The SMILES string of the molecule is CC(O)CN(CCCCC1NC(=O)C(C(C)O)NC1=O)CC(C)O. The van der Waals surface area contributed by atoms with E-state index < -0.39 is 30.4 Å². The lowest BCUT2D eigenvalue weighted by molar-refractivity contribution is -0.139. The van der Waals surface area contributed by atoms with Gasteiger partial charge < -0.3 is 26.0 Å². The number of unbranched alkanes of at least 4 members (excludes halogenated alkanes) is 1. The second kappa shape index (κ2) is 9.93. The lowest BCUT2D eigenvalue weighted by Gasteiger charge is -2.31. The summed E-state index contributed by atoms with van der Waals surface area (Å²) in [6.45, 7) is 6.55. The Morgan fingerprint density at radius 1 is 0.958 bits per heavy atom. The van der Waals surface area contributed by atoms with Gasteiger partial charge in [0.1, 0.15) is 12.1 Å². The minimum Gasteiger partial charge on any atom is -0.392 e. The second-order valence-corrected chi connectivity index (χ2v) is 6.74. The number of nitrogens with zero attached hydrogens (tertiary/aromatic N) is 1. The molecule has 0 aromatic carbocycles. The van der Waals surface area contributed by atoms with Crippen LogP contribution in [-0.4, -0.2) is 82.1 Å². The Morgan fingerprint density at radius 2 is 1.54 bits per heavy atom. The molecule has 1 aliphatic rings. The Kier molecular flexibility index (Phi) is 8.61. The number of amides is 2. The molecule has 0 spiro atoms. The molecule has 1 saturated heterocycles. The molecule has 0 bridgehead atoms. The minimum atomic E-state index is -0.926. The first-order chi connectivity index (χ1) is 11.2. The summed E-state index contributed by atoms with van der Waals surface area (Å²) in [6.07, 6.45) is 0.173. The molecule has 0 aliphatic carbocycles. The Balaban J connectivity index is 2.35. The summed E-state index contributed by atoms with van der Waals surface area (Å²) >= 11 is 0. The maximum absolute atomic E-state index is 12.0. The molecule has 1 heterocycles. The quantitative estimate of drug-likeness (QED) is 0.310. The number of hydrogen-bond donors (Lipinski definition) is 5. The van der Waals surface area contributed by atoms with Crippen molar-refractivity contribution in [1.29, 1.82) is 0 Å². The van der Waals surface area contributed by atoms with Crippen LogP contribution in [0.5, 0.6) is 0 Å². The van der Waals surface area contributed by atoms with Crippen LogP contribution < -0.4 is 10.6 Å². The van der Waals surface area contributed by atoms with Gasteiger partial charge in [-0.25, -0.2) is 0 Å². The van der Waals surface area contributed by atoms with Crippen molar-refractivity contribution in [2.45, 2.75) is 70.4 Å². The topological polar surface area (TPSA) is 122 Å². The average molecular weight is 345 g/mol. The van der Waals surface area contributed by atoms with E-state index in [1.807, 2.05) is 4.90 Å². The van der Waals surface area contributed by atoms with Gasteiger partial charge in [-0.15, -0.1) is 0 Å². The highest BCUT2D eigenvalue weighted by molar-refractivity contribution is 5.97. The normalized spacial score (nSPS) is 25.1. The lowest BCUT2D eigenvalue weighted by atomic mass is 10.0. The number of piperazine rings is 1. The van der Waals surface area contributed by atoms with Gasteiger partial charge in [0, 0.05) is 13.1 Å². The molecule has 1 fully saturated rings. The van der Waals surface area contributed by atoms with Crippen LogP contribution in [0.15, 0.2) is 0 Å². The number of carbonyl (C=O) groups excluding carboxylic acids is 2. The summed E-state index contributed by atoms with van der Waals surface area (Å²) < 4.78 is 0. The molecular formula is C16H31N3O5. The third-order valence-corrected chi connectivity index (χ3v) is 3.96. The number of rotatable bonds is 10. The molecular weight excluding hydrogens is 314 g/mol. The molecule has 0 radical (unpaired) electrons. The van der Waals surface area contributed by atoms with Crippen molar-refractivity contribution in [2.24, 2.45) is 0 Å². The molecule has 5 N–H and O–H groups in total. The summed E-state index contributed by atoms with van der Waals surface area (Å²) in [5, 5.41) is 33.6. The highest BCUT2D eigenvalue weighted by atomic mass is 16.3. The van der Waals surface area contributed by atoms with E-state index in [0.717, 1.165) is 12.8 Å². The highest BCUT2D eigenvalue weighted by Gasteiger charge is 2.35. The van der Waals surface area contributed by atoms with Gasteiger partial charge in [0.2, 0.25) is 11.8 Å². The zero-order valence-electron chi connectivity index (χ0n) is 14.7. The predicted octanol–water partition coefficient (Wildman–Crippen LogP) is -1.42. The van der Waals surface area contributed by atoms with Crippen LogP contribution in [0.25, 0.3) is 0 Å². The smallest absolute Gasteiger partial charge is 0.245 e. The first kappa shape index (κ1) is 20.8. The third-order valence-electron chi connectivity index (χ3n) is 3.96. The molecule has 1 rings (SSSR count). The van der Waals surface area contributed by atoms with E-state index in [1.54, 1.807) is 13.8 Å². The van der Waals surface area contributed by atoms with E-state index in [0.29, 0.717) is 26.1 Å². The van der Waals surface area contributed by atoms with Crippen molar-refractivity contribution in [3.05, 3.63) is 0 Å². The van der Waals surface area contributed by atoms with Crippen LogP contribution in [0.2, 0.25) is 0 Å². The maximum atomic E-state index is 12.0. The fourth-order valence-electron chi connectivity index (χ4n) is 2.88. The van der Waals surface area contributed by atoms with Crippen molar-refractivity contribution >= 4 is 11.8 Å². The van der Waals surface area contributed by atoms with Crippen LogP contribution in [0.3, 0.4) is 0 Å². The van der Waals surface area contributed by atoms with Crippen LogP contribution in [-0.2, 0) is 9.59 Å². The van der Waals surface area contributed by atoms with Gasteiger partial charge >= 0.3 is 0 Å². The van der Waals surface area contributed by atoms with Gasteiger partial charge in [-0.3, -0.25) is 14.5 Å². The molecule has 0 aromatic heterocycles. The molecule has 5 atom stereocenters. The van der Waals surface area contributed by atoms with E-state index >= 15 is 0 Å². The molecule has 0 aromatic rings. The van der Waals surface area contributed by atoms with Crippen LogP contribution in [0.4, 0.5) is 0 Å². The summed E-state index contributed by atoms with van der Waals surface area (Å²) in [6, 6.07) is -1.46. The fraction of sp³-hybridized carbons (Fsp3) is 0.875. The molecule has 0 saturated carbocycles.